The minimum Gasteiger partial charge on any atom is -0.484 e. The molecule has 9 heteroatoms. The zero-order valence-electron chi connectivity index (χ0n) is 17.5. The van der Waals surface area contributed by atoms with Gasteiger partial charge in [0, 0.05) is 11.6 Å². The number of nitrogens with one attached hydrogen (secondary N) is 1. The Morgan fingerprint density at radius 2 is 1.94 bits per heavy atom. The van der Waals surface area contributed by atoms with Crippen molar-refractivity contribution in [1.82, 2.24) is 24.6 Å². The summed E-state index contributed by atoms with van der Waals surface area (Å²) in [6, 6.07) is 14.8. The second kappa shape index (κ2) is 9.65. The molecule has 4 rings (SSSR count). The number of rotatable bonds is 8. The molecule has 0 aliphatic carbocycles. The number of fused-ring (bicyclic) bond motifs is 1. The van der Waals surface area contributed by atoms with Gasteiger partial charge in [-0.1, -0.05) is 41.9 Å². The largest absolute Gasteiger partial charge is 0.484 e. The predicted molar refractivity (Wildman–Crippen MR) is 122 cm³/mol. The summed E-state index contributed by atoms with van der Waals surface area (Å²) >= 11 is 5.91. The third-order valence-corrected chi connectivity index (χ3v) is 5.24. The van der Waals surface area contributed by atoms with E-state index in [4.69, 9.17) is 16.3 Å². The second-order valence-corrected chi connectivity index (χ2v) is 7.75. The van der Waals surface area contributed by atoms with Gasteiger partial charge >= 0.3 is 0 Å². The van der Waals surface area contributed by atoms with E-state index in [-0.39, 0.29) is 18.1 Å². The van der Waals surface area contributed by atoms with E-state index in [1.165, 1.54) is 17.1 Å². The molecule has 8 nitrogen and oxygen atoms in total. The number of halogens is 1. The molecule has 0 atom stereocenters. The molecule has 0 saturated carbocycles. The number of para-hydroxylation sites is 1. The summed E-state index contributed by atoms with van der Waals surface area (Å²) in [6.45, 7) is 2.96. The van der Waals surface area contributed by atoms with Crippen molar-refractivity contribution in [3.63, 3.8) is 0 Å². The van der Waals surface area contributed by atoms with E-state index in [1.807, 2.05) is 43.3 Å². The summed E-state index contributed by atoms with van der Waals surface area (Å²) in [5.41, 5.74) is 2.22. The van der Waals surface area contributed by atoms with Crippen LogP contribution in [0, 0.1) is 6.92 Å². The first-order valence-corrected chi connectivity index (χ1v) is 10.5. The minimum absolute atomic E-state index is 0.0711. The van der Waals surface area contributed by atoms with Crippen molar-refractivity contribution in [2.45, 2.75) is 20.0 Å². The molecule has 2 aromatic carbocycles. The van der Waals surface area contributed by atoms with Crippen molar-refractivity contribution < 1.29 is 9.53 Å². The topological polar surface area (TPSA) is 91.0 Å². The molecular formula is C23H22ClN5O3. The van der Waals surface area contributed by atoms with Crippen LogP contribution < -0.4 is 15.6 Å². The predicted octanol–water partition coefficient (Wildman–Crippen LogP) is 2.80. The van der Waals surface area contributed by atoms with Gasteiger partial charge in [-0.15, -0.1) is 0 Å². The molecule has 164 valence electrons. The summed E-state index contributed by atoms with van der Waals surface area (Å²) in [5, 5.41) is 8.12. The smallest absolute Gasteiger partial charge is 0.264 e. The Balaban J connectivity index is 1.35. The first-order valence-electron chi connectivity index (χ1n) is 10.1. The molecule has 1 N–H and O–H groups in total. The fourth-order valence-electron chi connectivity index (χ4n) is 3.27. The summed E-state index contributed by atoms with van der Waals surface area (Å²) in [7, 11) is 0. The Kier molecular flexibility index (Phi) is 6.51. The van der Waals surface area contributed by atoms with E-state index in [2.05, 4.69) is 15.4 Å². The van der Waals surface area contributed by atoms with Gasteiger partial charge in [-0.3, -0.25) is 14.2 Å². The summed E-state index contributed by atoms with van der Waals surface area (Å²) in [4.78, 5) is 29.3. The van der Waals surface area contributed by atoms with E-state index in [1.54, 1.807) is 16.8 Å². The van der Waals surface area contributed by atoms with Crippen molar-refractivity contribution in [3.05, 3.63) is 87.6 Å². The molecule has 0 fully saturated rings. The van der Waals surface area contributed by atoms with Crippen LogP contribution in [0.4, 0.5) is 0 Å². The molecule has 0 radical (unpaired) electrons. The zero-order chi connectivity index (χ0) is 22.5. The van der Waals surface area contributed by atoms with Crippen molar-refractivity contribution in [2.75, 3.05) is 13.2 Å². The molecule has 1 amide bonds. The van der Waals surface area contributed by atoms with Crippen molar-refractivity contribution >= 4 is 28.5 Å². The van der Waals surface area contributed by atoms with Crippen LogP contribution in [-0.4, -0.2) is 38.4 Å². The van der Waals surface area contributed by atoms with Crippen LogP contribution >= 0.6 is 11.6 Å². The Labute approximate surface area is 189 Å². The number of ether oxygens (including phenoxy) is 1. The first-order chi connectivity index (χ1) is 15.5. The average molecular weight is 452 g/mol. The van der Waals surface area contributed by atoms with E-state index < -0.39 is 0 Å². The van der Waals surface area contributed by atoms with Gasteiger partial charge in [0.25, 0.3) is 11.5 Å². The van der Waals surface area contributed by atoms with Crippen molar-refractivity contribution in [1.29, 1.82) is 0 Å². The molecule has 2 heterocycles. The van der Waals surface area contributed by atoms with Gasteiger partial charge in [0.2, 0.25) is 0 Å². The Hall–Kier alpha value is -3.65. The lowest BCUT2D eigenvalue weighted by molar-refractivity contribution is -0.123. The van der Waals surface area contributed by atoms with Crippen LogP contribution in [0.3, 0.4) is 0 Å². The highest BCUT2D eigenvalue weighted by Crippen LogP contribution is 2.15. The average Bonchev–Trinajstić information content (AvgIpc) is 3.20. The molecule has 0 aliphatic rings. The molecule has 0 bridgehead atoms. The Bertz CT molecular complexity index is 1300. The van der Waals surface area contributed by atoms with Crippen molar-refractivity contribution in [3.8, 4) is 5.75 Å². The molecule has 0 aliphatic heterocycles. The van der Waals surface area contributed by atoms with E-state index >= 15 is 0 Å². The molecule has 0 unspecified atom stereocenters. The third kappa shape index (κ3) is 4.97. The van der Waals surface area contributed by atoms with E-state index in [0.717, 1.165) is 11.1 Å². The van der Waals surface area contributed by atoms with Crippen LogP contribution in [0.15, 0.2) is 65.8 Å². The van der Waals surface area contributed by atoms with Gasteiger partial charge in [-0.25, -0.2) is 9.67 Å². The summed E-state index contributed by atoms with van der Waals surface area (Å²) < 4.78 is 8.68. The SMILES string of the molecule is Cc1ccccc1OCC(=O)NCCn1ncc2c(=O)n(Cc3ccc(Cl)cc3)cnc21. The van der Waals surface area contributed by atoms with E-state index in [9.17, 15) is 9.59 Å². The van der Waals surface area contributed by atoms with Gasteiger partial charge in [-0.05, 0) is 36.2 Å². The highest BCUT2D eigenvalue weighted by Gasteiger charge is 2.11. The quantitative estimate of drug-likeness (QED) is 0.445. The fraction of sp³-hybridized carbons (Fsp3) is 0.217. The lowest BCUT2D eigenvalue weighted by Gasteiger charge is -2.10. The fourth-order valence-corrected chi connectivity index (χ4v) is 3.40. The molecule has 0 saturated heterocycles. The van der Waals surface area contributed by atoms with Gasteiger partial charge in [0.1, 0.15) is 17.5 Å². The molecule has 0 spiro atoms. The first kappa shape index (κ1) is 21.6. The maximum Gasteiger partial charge on any atom is 0.264 e. The normalized spacial score (nSPS) is 10.9. The molecule has 32 heavy (non-hydrogen) atoms. The highest BCUT2D eigenvalue weighted by atomic mass is 35.5. The number of hydrogen-bond donors (Lipinski definition) is 1. The zero-order valence-corrected chi connectivity index (χ0v) is 18.2. The number of amides is 1. The third-order valence-electron chi connectivity index (χ3n) is 4.99. The van der Waals surface area contributed by atoms with Gasteiger partial charge < -0.3 is 10.1 Å². The van der Waals surface area contributed by atoms with E-state index in [0.29, 0.717) is 41.4 Å². The number of nitrogens with zero attached hydrogens (tertiary/aromatic N) is 4. The number of aromatic nitrogens is 4. The molecule has 4 aromatic rings. The number of carbonyl (C=O) groups is 1. The van der Waals surface area contributed by atoms with Crippen molar-refractivity contribution in [2.24, 2.45) is 0 Å². The Morgan fingerprint density at radius 1 is 1.16 bits per heavy atom. The van der Waals surface area contributed by atoms with Gasteiger partial charge in [0.15, 0.2) is 12.3 Å². The standard InChI is InChI=1S/C23H22ClN5O3/c1-16-4-2-3-5-20(16)32-14-21(30)25-10-11-29-22-19(12-27-29)23(31)28(15-26-22)13-17-6-8-18(24)9-7-17/h2-9,12,15H,10-11,13-14H2,1H3,(H,25,30). The molecular weight excluding hydrogens is 430 g/mol. The maximum atomic E-state index is 12.8. The highest BCUT2D eigenvalue weighted by molar-refractivity contribution is 6.30. The Morgan fingerprint density at radius 3 is 2.72 bits per heavy atom. The summed E-state index contributed by atoms with van der Waals surface area (Å²) in [5.74, 6) is 0.447. The second-order valence-electron chi connectivity index (χ2n) is 7.31. The van der Waals surface area contributed by atoms with Crippen LogP contribution in [0.25, 0.3) is 11.0 Å². The maximum absolute atomic E-state index is 12.8. The van der Waals surface area contributed by atoms with Crippen LogP contribution in [-0.2, 0) is 17.9 Å². The number of carbonyl (C=O) groups excluding carboxylic acids is 1. The lowest BCUT2D eigenvalue weighted by Crippen LogP contribution is -2.32. The number of benzene rings is 2. The molecule has 2 aromatic heterocycles. The van der Waals surface area contributed by atoms with Gasteiger partial charge in [-0.2, -0.15) is 5.10 Å². The number of aryl methyl sites for hydroxylation is 1. The van der Waals surface area contributed by atoms with Crippen LogP contribution in [0.2, 0.25) is 5.02 Å². The minimum atomic E-state index is -0.233. The number of hydrogen-bond acceptors (Lipinski definition) is 5. The monoisotopic (exact) mass is 451 g/mol. The van der Waals surface area contributed by atoms with Gasteiger partial charge in [0.05, 0.1) is 19.3 Å². The van der Waals surface area contributed by atoms with Crippen LogP contribution in [0.5, 0.6) is 5.75 Å². The summed E-state index contributed by atoms with van der Waals surface area (Å²) in [6.07, 6.45) is 3.01. The lowest BCUT2D eigenvalue weighted by atomic mass is 10.2. The van der Waals surface area contributed by atoms with Crippen LogP contribution in [0.1, 0.15) is 11.1 Å².